The predicted molar refractivity (Wildman–Crippen MR) is 67.0 cm³/mol. The molecule has 1 saturated carbocycles. The number of hydrogen-bond donors (Lipinski definition) is 0. The second-order valence-corrected chi connectivity index (χ2v) is 4.36. The van der Waals surface area contributed by atoms with Gasteiger partial charge >= 0.3 is 11.9 Å². The summed E-state index contributed by atoms with van der Waals surface area (Å²) in [5, 5.41) is 0. The van der Waals surface area contributed by atoms with Crippen molar-refractivity contribution in [1.29, 1.82) is 0 Å². The van der Waals surface area contributed by atoms with Gasteiger partial charge in [-0.2, -0.15) is 0 Å². The SMILES string of the molecule is CCOC(=O)C1(C(=O)OCc2ccccc2)CC1.F. The van der Waals surface area contributed by atoms with Crippen LogP contribution in [0.15, 0.2) is 30.3 Å². The van der Waals surface area contributed by atoms with Gasteiger partial charge < -0.3 is 9.47 Å². The maximum atomic E-state index is 11.9. The van der Waals surface area contributed by atoms with Crippen LogP contribution in [0.3, 0.4) is 0 Å². The number of rotatable bonds is 5. The molecule has 0 atom stereocenters. The van der Waals surface area contributed by atoms with Crippen molar-refractivity contribution >= 4 is 11.9 Å². The highest BCUT2D eigenvalue weighted by atomic mass is 19.0. The van der Waals surface area contributed by atoms with Gasteiger partial charge in [0.05, 0.1) is 6.61 Å². The van der Waals surface area contributed by atoms with E-state index in [1.165, 1.54) is 0 Å². The van der Waals surface area contributed by atoms with E-state index in [0.29, 0.717) is 12.8 Å². The van der Waals surface area contributed by atoms with Crippen LogP contribution in [0.2, 0.25) is 0 Å². The van der Waals surface area contributed by atoms with E-state index in [0.717, 1.165) is 5.56 Å². The van der Waals surface area contributed by atoms with Crippen molar-refractivity contribution in [3.05, 3.63) is 35.9 Å². The molecule has 0 N–H and O–H groups in total. The van der Waals surface area contributed by atoms with Crippen LogP contribution in [-0.2, 0) is 25.7 Å². The molecule has 0 heterocycles. The van der Waals surface area contributed by atoms with Crippen molar-refractivity contribution in [2.75, 3.05) is 6.61 Å². The van der Waals surface area contributed by atoms with Gasteiger partial charge in [0.15, 0.2) is 5.41 Å². The van der Waals surface area contributed by atoms with E-state index in [-0.39, 0.29) is 17.9 Å². The zero-order valence-electron chi connectivity index (χ0n) is 10.8. The Hall–Kier alpha value is -1.91. The topological polar surface area (TPSA) is 52.6 Å². The molecule has 4 nitrogen and oxygen atoms in total. The summed E-state index contributed by atoms with van der Waals surface area (Å²) in [7, 11) is 0. The van der Waals surface area contributed by atoms with Crippen LogP contribution in [0.1, 0.15) is 25.3 Å². The van der Waals surface area contributed by atoms with Crippen molar-refractivity contribution in [3.8, 4) is 0 Å². The maximum absolute atomic E-state index is 11.9. The summed E-state index contributed by atoms with van der Waals surface area (Å²) in [5.41, 5.74) is -0.115. The third-order valence-electron chi connectivity index (χ3n) is 3.02. The number of halogens is 1. The van der Waals surface area contributed by atoms with Crippen molar-refractivity contribution < 1.29 is 23.8 Å². The zero-order valence-corrected chi connectivity index (χ0v) is 10.8. The smallest absolute Gasteiger partial charge is 0.323 e. The Kier molecular flexibility index (Phi) is 5.03. The molecule has 5 heteroatoms. The maximum Gasteiger partial charge on any atom is 0.323 e. The van der Waals surface area contributed by atoms with Gasteiger partial charge in [0, 0.05) is 0 Å². The summed E-state index contributed by atoms with van der Waals surface area (Å²) >= 11 is 0. The number of hydrogen-bond acceptors (Lipinski definition) is 4. The normalized spacial score (nSPS) is 15.0. The molecule has 0 unspecified atom stereocenters. The quantitative estimate of drug-likeness (QED) is 0.607. The molecule has 0 saturated heterocycles. The number of esters is 2. The van der Waals surface area contributed by atoms with Crippen LogP contribution in [0.5, 0.6) is 0 Å². The Bertz CT molecular complexity index is 440. The van der Waals surface area contributed by atoms with Gasteiger partial charge in [-0.3, -0.25) is 14.3 Å². The third-order valence-corrected chi connectivity index (χ3v) is 3.02. The number of carbonyl (C=O) groups is 2. The molecule has 0 aromatic heterocycles. The average Bonchev–Trinajstić information content (AvgIpc) is 3.19. The van der Waals surface area contributed by atoms with Crippen LogP contribution in [0, 0.1) is 5.41 Å². The third kappa shape index (κ3) is 3.30. The van der Waals surface area contributed by atoms with Crippen molar-refractivity contribution in [2.45, 2.75) is 26.4 Å². The van der Waals surface area contributed by atoms with E-state index in [9.17, 15) is 9.59 Å². The first-order valence-electron chi connectivity index (χ1n) is 6.07. The van der Waals surface area contributed by atoms with E-state index < -0.39 is 17.4 Å². The summed E-state index contributed by atoms with van der Waals surface area (Å²) in [6.45, 7) is 2.21. The van der Waals surface area contributed by atoms with E-state index in [4.69, 9.17) is 9.47 Å². The van der Waals surface area contributed by atoms with E-state index in [2.05, 4.69) is 0 Å². The molecular weight excluding hydrogens is 251 g/mol. The predicted octanol–water partition coefficient (Wildman–Crippen LogP) is 2.23. The number of benzene rings is 1. The Morgan fingerprint density at radius 1 is 1.11 bits per heavy atom. The molecule has 0 amide bonds. The van der Waals surface area contributed by atoms with Crippen molar-refractivity contribution in [1.82, 2.24) is 0 Å². The molecule has 0 aliphatic heterocycles. The summed E-state index contributed by atoms with van der Waals surface area (Å²) < 4.78 is 10.1. The first-order valence-corrected chi connectivity index (χ1v) is 6.07. The molecule has 0 radical (unpaired) electrons. The molecule has 0 spiro atoms. The molecule has 1 aromatic rings. The molecular formula is C14H17FO4. The number of carbonyl (C=O) groups excluding carboxylic acids is 2. The lowest BCUT2D eigenvalue weighted by Gasteiger charge is -2.13. The zero-order chi connectivity index (χ0) is 13.0. The minimum absolute atomic E-state index is 0. The van der Waals surface area contributed by atoms with E-state index >= 15 is 0 Å². The fourth-order valence-electron chi connectivity index (χ4n) is 1.75. The van der Waals surface area contributed by atoms with Crippen molar-refractivity contribution in [3.63, 3.8) is 0 Å². The minimum Gasteiger partial charge on any atom is -0.465 e. The molecule has 19 heavy (non-hydrogen) atoms. The fraction of sp³-hybridized carbons (Fsp3) is 0.429. The largest absolute Gasteiger partial charge is 0.465 e. The lowest BCUT2D eigenvalue weighted by atomic mass is 10.1. The summed E-state index contributed by atoms with van der Waals surface area (Å²) in [6.07, 6.45) is 1.05. The van der Waals surface area contributed by atoms with Crippen LogP contribution in [-0.4, -0.2) is 18.5 Å². The van der Waals surface area contributed by atoms with Crippen LogP contribution < -0.4 is 0 Å². The molecule has 2 rings (SSSR count). The molecule has 1 aliphatic rings. The molecule has 104 valence electrons. The highest BCUT2D eigenvalue weighted by Gasteiger charge is 2.59. The highest BCUT2D eigenvalue weighted by Crippen LogP contribution is 2.48. The van der Waals surface area contributed by atoms with Crippen molar-refractivity contribution in [2.24, 2.45) is 5.41 Å². The highest BCUT2D eigenvalue weighted by molar-refractivity contribution is 6.03. The van der Waals surface area contributed by atoms with E-state index in [1.54, 1.807) is 6.92 Å². The second kappa shape index (κ2) is 6.31. The fourth-order valence-corrected chi connectivity index (χ4v) is 1.75. The monoisotopic (exact) mass is 268 g/mol. The van der Waals surface area contributed by atoms with Crippen LogP contribution >= 0.6 is 0 Å². The second-order valence-electron chi connectivity index (χ2n) is 4.36. The molecule has 1 aliphatic carbocycles. The summed E-state index contributed by atoms with van der Waals surface area (Å²) in [4.78, 5) is 23.6. The Morgan fingerprint density at radius 3 is 2.21 bits per heavy atom. The summed E-state index contributed by atoms with van der Waals surface area (Å²) in [6, 6.07) is 9.39. The van der Waals surface area contributed by atoms with Gasteiger partial charge in [0.25, 0.3) is 0 Å². The first-order chi connectivity index (χ1) is 8.69. The average molecular weight is 268 g/mol. The van der Waals surface area contributed by atoms with Gasteiger partial charge in [0.2, 0.25) is 0 Å². The molecule has 1 fully saturated rings. The minimum atomic E-state index is -1.02. The number of ether oxygens (including phenoxy) is 2. The Morgan fingerprint density at radius 2 is 1.68 bits per heavy atom. The Balaban J connectivity index is 0.00000180. The molecule has 1 aromatic carbocycles. The van der Waals surface area contributed by atoms with Gasteiger partial charge in [-0.1, -0.05) is 30.3 Å². The lowest BCUT2D eigenvalue weighted by Crippen LogP contribution is -2.29. The van der Waals surface area contributed by atoms with Gasteiger partial charge in [-0.05, 0) is 25.3 Å². The van der Waals surface area contributed by atoms with E-state index in [1.807, 2.05) is 30.3 Å². The van der Waals surface area contributed by atoms with Gasteiger partial charge in [-0.15, -0.1) is 0 Å². The van der Waals surface area contributed by atoms with Crippen LogP contribution in [0.4, 0.5) is 4.70 Å². The van der Waals surface area contributed by atoms with Crippen LogP contribution in [0.25, 0.3) is 0 Å². The lowest BCUT2D eigenvalue weighted by molar-refractivity contribution is -0.165. The standard InChI is InChI=1S/C14H16O4.FH/c1-2-17-12(15)14(8-9-14)13(16)18-10-11-6-4-3-5-7-11;/h3-7H,2,8-10H2,1H3;1H. The van der Waals surface area contributed by atoms with Gasteiger partial charge in [0.1, 0.15) is 6.61 Å². The Labute approximate surface area is 111 Å². The molecule has 0 bridgehead atoms. The summed E-state index contributed by atoms with van der Waals surface area (Å²) in [5.74, 6) is -0.923. The first kappa shape index (κ1) is 15.1. The van der Waals surface area contributed by atoms with Gasteiger partial charge in [-0.25, -0.2) is 0 Å².